The van der Waals surface area contributed by atoms with E-state index in [1.165, 1.54) is 10.2 Å². The van der Waals surface area contributed by atoms with Crippen LogP contribution in [0, 0.1) is 0 Å². The molecule has 0 bridgehead atoms. The molecule has 4 heteroatoms. The van der Waals surface area contributed by atoms with Crippen LogP contribution in [0.15, 0.2) is 84.0 Å². The van der Waals surface area contributed by atoms with Crippen molar-refractivity contribution in [3.63, 3.8) is 0 Å². The predicted molar refractivity (Wildman–Crippen MR) is 114 cm³/mol. The number of rotatable bonds is 5. The number of carbonyl (C=O) groups excluding carboxylic acids is 1. The number of hydrogen-bond acceptors (Lipinski definition) is 3. The number of nitrogens with zero attached hydrogens (tertiary/aromatic N) is 3. The zero-order chi connectivity index (χ0) is 19.2. The van der Waals surface area contributed by atoms with Crippen LogP contribution in [0.25, 0.3) is 12.2 Å². The first-order valence-electron chi connectivity index (χ1n) is 9.39. The summed E-state index contributed by atoms with van der Waals surface area (Å²) in [6.07, 6.45) is 13.4. The highest BCUT2D eigenvalue weighted by Crippen LogP contribution is 2.14. The molecule has 2 aromatic carbocycles. The average molecular weight is 367 g/mol. The van der Waals surface area contributed by atoms with Crippen LogP contribution < -0.4 is 0 Å². The van der Waals surface area contributed by atoms with Crippen LogP contribution in [0.5, 0.6) is 0 Å². The van der Waals surface area contributed by atoms with Crippen LogP contribution >= 0.6 is 0 Å². The fourth-order valence-electron chi connectivity index (χ4n) is 3.14. The summed E-state index contributed by atoms with van der Waals surface area (Å²) in [6, 6.07) is 19.9. The Morgan fingerprint density at radius 2 is 1.86 bits per heavy atom. The fourth-order valence-corrected chi connectivity index (χ4v) is 3.14. The molecule has 0 spiro atoms. The van der Waals surface area contributed by atoms with Gasteiger partial charge in [-0.3, -0.25) is 9.79 Å². The molecule has 4 rings (SSSR count). The van der Waals surface area contributed by atoms with Gasteiger partial charge in [-0.25, -0.2) is 4.68 Å². The van der Waals surface area contributed by atoms with Gasteiger partial charge >= 0.3 is 0 Å². The first kappa shape index (κ1) is 17.9. The molecule has 0 amide bonds. The lowest BCUT2D eigenvalue weighted by Crippen LogP contribution is -2.13. The molecule has 1 aliphatic rings. The minimum absolute atomic E-state index is 0.135. The molecule has 0 saturated carbocycles. The summed E-state index contributed by atoms with van der Waals surface area (Å²) >= 11 is 0. The average Bonchev–Trinajstić information content (AvgIpc) is 3.23. The van der Waals surface area contributed by atoms with Gasteiger partial charge in [-0.2, -0.15) is 5.10 Å². The molecule has 4 nitrogen and oxygen atoms in total. The maximum Gasteiger partial charge on any atom is 0.278 e. The minimum Gasteiger partial charge on any atom is -0.289 e. The van der Waals surface area contributed by atoms with Crippen LogP contribution in [0.4, 0.5) is 0 Å². The molecule has 1 aliphatic heterocycles. The van der Waals surface area contributed by atoms with E-state index >= 15 is 0 Å². The molecule has 0 aliphatic carbocycles. The number of aromatic nitrogens is 2. The lowest BCUT2D eigenvalue weighted by molar-refractivity contribution is 0.0945. The minimum atomic E-state index is -0.135. The van der Waals surface area contributed by atoms with Crippen molar-refractivity contribution in [1.29, 1.82) is 0 Å². The molecular formula is C24H21N3O. The number of benzene rings is 2. The molecule has 1 aromatic heterocycles. The third-order valence-electron chi connectivity index (χ3n) is 4.66. The van der Waals surface area contributed by atoms with Gasteiger partial charge in [0.25, 0.3) is 5.91 Å². The van der Waals surface area contributed by atoms with Gasteiger partial charge in [-0.15, -0.1) is 0 Å². The van der Waals surface area contributed by atoms with E-state index in [1.807, 2.05) is 85.1 Å². The normalized spacial score (nSPS) is 15.9. The molecule has 1 unspecified atom stereocenters. The van der Waals surface area contributed by atoms with E-state index in [0.717, 1.165) is 24.1 Å². The molecule has 138 valence electrons. The largest absolute Gasteiger partial charge is 0.289 e. The molecule has 0 radical (unpaired) electrons. The Labute approximate surface area is 164 Å². The zero-order valence-electron chi connectivity index (χ0n) is 15.5. The highest BCUT2D eigenvalue weighted by molar-refractivity contribution is 5.95. The van der Waals surface area contributed by atoms with Gasteiger partial charge < -0.3 is 0 Å². The number of carbonyl (C=O) groups is 1. The van der Waals surface area contributed by atoms with Crippen LogP contribution in [0.3, 0.4) is 0 Å². The van der Waals surface area contributed by atoms with E-state index in [1.54, 1.807) is 6.20 Å². The monoisotopic (exact) mass is 367 g/mol. The summed E-state index contributed by atoms with van der Waals surface area (Å²) in [7, 11) is 0. The van der Waals surface area contributed by atoms with Gasteiger partial charge in [0.1, 0.15) is 0 Å². The van der Waals surface area contributed by atoms with Crippen LogP contribution in [0.1, 0.15) is 33.6 Å². The highest BCUT2D eigenvalue weighted by Gasteiger charge is 2.11. The second-order valence-corrected chi connectivity index (χ2v) is 6.75. The van der Waals surface area contributed by atoms with Crippen LogP contribution in [0.2, 0.25) is 0 Å². The van der Waals surface area contributed by atoms with Crippen LogP contribution in [-0.4, -0.2) is 27.9 Å². The quantitative estimate of drug-likeness (QED) is 0.657. The van der Waals surface area contributed by atoms with Crippen molar-refractivity contribution in [3.05, 3.63) is 101 Å². The van der Waals surface area contributed by atoms with E-state index in [2.05, 4.69) is 16.2 Å². The number of allylic oxidation sites excluding steroid dienone is 1. The number of aliphatic imine (C=N–C) groups is 1. The lowest BCUT2D eigenvalue weighted by atomic mass is 10.0. The van der Waals surface area contributed by atoms with Gasteiger partial charge in [0.15, 0.2) is 0 Å². The Balaban J connectivity index is 1.41. The van der Waals surface area contributed by atoms with Crippen molar-refractivity contribution in [3.8, 4) is 0 Å². The van der Waals surface area contributed by atoms with E-state index in [0.29, 0.717) is 5.56 Å². The Hall–Kier alpha value is -3.53. The molecular weight excluding hydrogens is 346 g/mol. The number of hydrogen-bond donors (Lipinski definition) is 0. The van der Waals surface area contributed by atoms with Crippen molar-refractivity contribution < 1.29 is 4.79 Å². The summed E-state index contributed by atoms with van der Waals surface area (Å²) in [4.78, 5) is 17.2. The summed E-state index contributed by atoms with van der Waals surface area (Å²) in [6.45, 7) is 0. The van der Waals surface area contributed by atoms with Crippen molar-refractivity contribution >= 4 is 24.3 Å². The first-order valence-corrected chi connectivity index (χ1v) is 9.39. The van der Waals surface area contributed by atoms with E-state index in [9.17, 15) is 4.79 Å². The SMILES string of the molecule is O=C(c1ccc(CC2CC=CC=N2)cc1)n1ccc(/C=C/c2ccccc2)n1. The highest BCUT2D eigenvalue weighted by atomic mass is 16.2. The first-order chi connectivity index (χ1) is 13.8. The Morgan fingerprint density at radius 1 is 1.04 bits per heavy atom. The van der Waals surface area contributed by atoms with Gasteiger partial charge in [0.05, 0.1) is 11.7 Å². The predicted octanol–water partition coefficient (Wildman–Crippen LogP) is 4.68. The summed E-state index contributed by atoms with van der Waals surface area (Å²) in [5.74, 6) is -0.135. The summed E-state index contributed by atoms with van der Waals surface area (Å²) < 4.78 is 1.38. The van der Waals surface area contributed by atoms with Gasteiger partial charge in [0.2, 0.25) is 0 Å². The third-order valence-corrected chi connectivity index (χ3v) is 4.66. The van der Waals surface area contributed by atoms with Gasteiger partial charge in [-0.05, 0) is 54.3 Å². The summed E-state index contributed by atoms with van der Waals surface area (Å²) in [5, 5.41) is 4.37. The molecule has 0 saturated heterocycles. The van der Waals surface area contributed by atoms with Crippen molar-refractivity contribution in [1.82, 2.24) is 9.78 Å². The molecule has 1 atom stereocenters. The maximum absolute atomic E-state index is 12.7. The fraction of sp³-hybridized carbons (Fsp3) is 0.125. The van der Waals surface area contributed by atoms with Gasteiger partial charge in [-0.1, -0.05) is 54.6 Å². The second kappa shape index (κ2) is 8.44. The standard InChI is InChI=1S/C24H21N3O/c28-24(21-12-9-20(10-13-21)18-23-8-4-5-16-25-23)27-17-15-22(26-27)14-11-19-6-2-1-3-7-19/h1-7,9-17,23H,8,18H2/b14-11+. The Morgan fingerprint density at radius 3 is 2.61 bits per heavy atom. The van der Waals surface area contributed by atoms with Gasteiger partial charge in [0, 0.05) is 18.0 Å². The zero-order valence-corrected chi connectivity index (χ0v) is 15.5. The summed E-state index contributed by atoms with van der Waals surface area (Å²) in [5.41, 5.74) is 3.65. The molecule has 2 heterocycles. The van der Waals surface area contributed by atoms with E-state index < -0.39 is 0 Å². The Bertz CT molecular complexity index is 1030. The van der Waals surface area contributed by atoms with E-state index in [-0.39, 0.29) is 11.9 Å². The maximum atomic E-state index is 12.7. The molecule has 28 heavy (non-hydrogen) atoms. The van der Waals surface area contributed by atoms with Crippen molar-refractivity contribution in [2.75, 3.05) is 0 Å². The molecule has 0 N–H and O–H groups in total. The third kappa shape index (κ3) is 4.41. The second-order valence-electron chi connectivity index (χ2n) is 6.75. The Kier molecular flexibility index (Phi) is 5.38. The molecule has 0 fully saturated rings. The van der Waals surface area contributed by atoms with Crippen molar-refractivity contribution in [2.24, 2.45) is 4.99 Å². The topological polar surface area (TPSA) is 47.2 Å². The van der Waals surface area contributed by atoms with Crippen LogP contribution in [-0.2, 0) is 6.42 Å². The number of dihydropyridines is 1. The smallest absolute Gasteiger partial charge is 0.278 e. The molecule has 3 aromatic rings. The lowest BCUT2D eigenvalue weighted by Gasteiger charge is -2.12. The van der Waals surface area contributed by atoms with E-state index in [4.69, 9.17) is 0 Å². The van der Waals surface area contributed by atoms with Crippen molar-refractivity contribution in [2.45, 2.75) is 18.9 Å².